The largest absolute Gasteiger partial charge is 0.547 e. The zero-order chi connectivity index (χ0) is 16.0. The summed E-state index contributed by atoms with van der Waals surface area (Å²) in [6, 6.07) is 0. The average Bonchev–Trinajstić information content (AvgIpc) is 2.49. The quantitative estimate of drug-likeness (QED) is 0.585. The summed E-state index contributed by atoms with van der Waals surface area (Å²) >= 11 is 0. The van der Waals surface area contributed by atoms with Crippen molar-refractivity contribution in [1.82, 2.24) is 0 Å². The Morgan fingerprint density at radius 1 is 1.14 bits per heavy atom. The maximum absolute atomic E-state index is 12.2. The molecule has 0 spiro atoms. The first kappa shape index (κ1) is 16.8. The van der Waals surface area contributed by atoms with Crippen molar-refractivity contribution < 1.29 is 18.4 Å². The molecule has 120 valence electrons. The maximum atomic E-state index is 12.2. The van der Waals surface area contributed by atoms with Crippen molar-refractivity contribution in [3.63, 3.8) is 0 Å². The number of ether oxygens (including phenoxy) is 1. The lowest BCUT2D eigenvalue weighted by molar-refractivity contribution is -0.145. The Kier molecular flexibility index (Phi) is 4.43. The van der Waals surface area contributed by atoms with Crippen LogP contribution in [0.2, 0.25) is 39.3 Å². The van der Waals surface area contributed by atoms with Crippen LogP contribution in [0.25, 0.3) is 0 Å². The minimum atomic E-state index is -1.74. The highest BCUT2D eigenvalue weighted by Gasteiger charge is 2.50. The van der Waals surface area contributed by atoms with Gasteiger partial charge in [0, 0.05) is 12.3 Å². The van der Waals surface area contributed by atoms with E-state index in [0.717, 1.165) is 12.2 Å². The van der Waals surface area contributed by atoms with Gasteiger partial charge in [-0.15, -0.1) is 0 Å². The topological polar surface area (TPSA) is 44.8 Å². The number of allylic oxidation sites excluding steroid dienone is 1. The van der Waals surface area contributed by atoms with Crippen LogP contribution in [-0.2, 0) is 18.4 Å². The lowest BCUT2D eigenvalue weighted by Gasteiger charge is -2.36. The van der Waals surface area contributed by atoms with Gasteiger partial charge in [0.25, 0.3) is 0 Å². The predicted molar refractivity (Wildman–Crippen MR) is 87.9 cm³/mol. The number of hydrogen-bond donors (Lipinski definition) is 0. The third-order valence-electron chi connectivity index (χ3n) is 3.71. The molecule has 0 aromatic carbocycles. The first-order valence-corrected chi connectivity index (χ1v) is 14.6. The second-order valence-electron chi connectivity index (χ2n) is 8.08. The van der Waals surface area contributed by atoms with E-state index in [1.54, 1.807) is 0 Å². The third-order valence-corrected chi connectivity index (χ3v) is 5.56. The van der Waals surface area contributed by atoms with Crippen molar-refractivity contribution in [2.75, 3.05) is 0 Å². The Hall–Kier alpha value is -0.596. The van der Waals surface area contributed by atoms with Gasteiger partial charge in [-0.05, 0) is 52.3 Å². The molecule has 0 saturated carbocycles. The molecule has 0 N–H and O–H groups in total. The van der Waals surface area contributed by atoms with Crippen molar-refractivity contribution in [1.29, 1.82) is 0 Å². The van der Waals surface area contributed by atoms with Gasteiger partial charge >= 0.3 is 5.97 Å². The van der Waals surface area contributed by atoms with Gasteiger partial charge in [-0.25, -0.2) is 0 Å². The van der Waals surface area contributed by atoms with Crippen LogP contribution < -0.4 is 0 Å². The molecule has 0 aromatic heterocycles. The number of esters is 1. The Labute approximate surface area is 130 Å². The molecule has 1 heterocycles. The second kappa shape index (κ2) is 5.55. The Bertz CT molecular complexity index is 448. The smallest absolute Gasteiger partial charge is 0.312 e. The molecule has 1 saturated heterocycles. The highest BCUT2D eigenvalue weighted by molar-refractivity contribution is 6.70. The van der Waals surface area contributed by atoms with E-state index in [1.807, 2.05) is 13.0 Å². The molecule has 0 bridgehead atoms. The lowest BCUT2D eigenvalue weighted by atomic mass is 9.80. The van der Waals surface area contributed by atoms with E-state index >= 15 is 0 Å². The van der Waals surface area contributed by atoms with Gasteiger partial charge in [-0.1, -0.05) is 0 Å². The van der Waals surface area contributed by atoms with E-state index in [0.29, 0.717) is 0 Å². The Morgan fingerprint density at radius 3 is 2.29 bits per heavy atom. The molecule has 0 aromatic rings. The van der Waals surface area contributed by atoms with Crippen molar-refractivity contribution in [2.45, 2.75) is 64.8 Å². The fraction of sp³-hybridized carbons (Fsp3) is 0.800. The van der Waals surface area contributed by atoms with E-state index in [1.165, 1.54) is 0 Å². The molecule has 4 atom stereocenters. The van der Waals surface area contributed by atoms with Crippen molar-refractivity contribution >= 4 is 22.6 Å². The molecule has 2 aliphatic rings. The van der Waals surface area contributed by atoms with Gasteiger partial charge in [0.05, 0.1) is 17.8 Å². The van der Waals surface area contributed by atoms with Crippen LogP contribution in [-0.4, -0.2) is 34.8 Å². The fourth-order valence-corrected chi connectivity index (χ4v) is 5.03. The second-order valence-corrected chi connectivity index (χ2v) is 17.0. The summed E-state index contributed by atoms with van der Waals surface area (Å²) < 4.78 is 17.9. The van der Waals surface area contributed by atoms with E-state index in [2.05, 4.69) is 39.3 Å². The molecule has 21 heavy (non-hydrogen) atoms. The number of fused-ring (bicyclic) bond motifs is 1. The van der Waals surface area contributed by atoms with Crippen LogP contribution in [0.5, 0.6) is 0 Å². The Morgan fingerprint density at radius 2 is 1.76 bits per heavy atom. The van der Waals surface area contributed by atoms with Crippen molar-refractivity contribution in [2.24, 2.45) is 11.8 Å². The van der Waals surface area contributed by atoms with Crippen molar-refractivity contribution in [3.05, 3.63) is 11.8 Å². The number of rotatable bonds is 4. The molecular weight excluding hydrogens is 300 g/mol. The molecule has 0 unspecified atom stereocenters. The summed E-state index contributed by atoms with van der Waals surface area (Å²) in [4.78, 5) is 12.2. The SMILES string of the molecule is C[C@@H]1OC(=O)[C@@H]2[C@H]1CC(O[Si](C)(C)C)=C[C@H]2O[Si](C)(C)C. The molecule has 1 aliphatic carbocycles. The molecular formula is C15H28O4Si2. The molecule has 0 radical (unpaired) electrons. The summed E-state index contributed by atoms with van der Waals surface area (Å²) in [5.74, 6) is 0.888. The van der Waals surface area contributed by atoms with Gasteiger partial charge in [-0.2, -0.15) is 0 Å². The minimum absolute atomic E-state index is 0.0517. The maximum Gasteiger partial charge on any atom is 0.312 e. The highest BCUT2D eigenvalue weighted by Crippen LogP contribution is 2.42. The number of carbonyl (C=O) groups is 1. The number of hydrogen-bond acceptors (Lipinski definition) is 4. The molecule has 6 heteroatoms. The molecule has 1 fully saturated rings. The minimum Gasteiger partial charge on any atom is -0.547 e. The van der Waals surface area contributed by atoms with Crippen LogP contribution in [0.15, 0.2) is 11.8 Å². The van der Waals surface area contributed by atoms with Crippen LogP contribution >= 0.6 is 0 Å². The Balaban J connectivity index is 2.27. The summed E-state index contributed by atoms with van der Waals surface area (Å²) in [6.07, 6.45) is 2.58. The zero-order valence-electron chi connectivity index (χ0n) is 14.2. The molecule has 2 rings (SSSR count). The molecule has 1 aliphatic heterocycles. The van der Waals surface area contributed by atoms with Gasteiger partial charge in [0.1, 0.15) is 6.10 Å². The normalized spacial score (nSPS) is 33.3. The third kappa shape index (κ3) is 4.20. The van der Waals surface area contributed by atoms with Gasteiger partial charge in [-0.3, -0.25) is 4.79 Å². The van der Waals surface area contributed by atoms with E-state index < -0.39 is 16.6 Å². The summed E-state index contributed by atoms with van der Waals surface area (Å²) in [6.45, 7) is 14.9. The molecule has 4 nitrogen and oxygen atoms in total. The lowest BCUT2D eigenvalue weighted by Crippen LogP contribution is -2.42. The van der Waals surface area contributed by atoms with E-state index in [4.69, 9.17) is 13.6 Å². The van der Waals surface area contributed by atoms with Crippen LogP contribution in [0.4, 0.5) is 0 Å². The van der Waals surface area contributed by atoms with Gasteiger partial charge in [0.2, 0.25) is 8.32 Å². The van der Waals surface area contributed by atoms with Crippen LogP contribution in [0.1, 0.15) is 13.3 Å². The zero-order valence-corrected chi connectivity index (χ0v) is 16.2. The van der Waals surface area contributed by atoms with E-state index in [9.17, 15) is 4.79 Å². The first-order valence-electron chi connectivity index (χ1n) is 7.74. The highest BCUT2D eigenvalue weighted by atomic mass is 28.4. The van der Waals surface area contributed by atoms with Gasteiger partial charge in [0.15, 0.2) is 8.32 Å². The van der Waals surface area contributed by atoms with Crippen molar-refractivity contribution in [3.8, 4) is 0 Å². The monoisotopic (exact) mass is 328 g/mol. The first-order chi connectivity index (χ1) is 9.46. The standard InChI is InChI=1S/C15H28O4Si2/c1-10-12-8-11(18-20(2,3)4)9-13(19-21(5,6)7)14(12)15(16)17-10/h9-10,12-14H,8H2,1-7H3/t10-,12-,13+,14+/m0/s1. The number of cyclic esters (lactones) is 1. The predicted octanol–water partition coefficient (Wildman–Crippen LogP) is 3.52. The summed E-state index contributed by atoms with van der Waals surface area (Å²) in [5, 5.41) is 0. The number of carbonyl (C=O) groups excluding carboxylic acids is 1. The summed E-state index contributed by atoms with van der Waals surface area (Å²) in [5.41, 5.74) is 0. The van der Waals surface area contributed by atoms with Crippen LogP contribution in [0, 0.1) is 11.8 Å². The fourth-order valence-electron chi connectivity index (χ4n) is 3.06. The summed E-state index contributed by atoms with van der Waals surface area (Å²) in [7, 11) is -3.40. The van der Waals surface area contributed by atoms with E-state index in [-0.39, 0.29) is 30.0 Å². The molecule has 0 amide bonds. The van der Waals surface area contributed by atoms with Gasteiger partial charge < -0.3 is 13.6 Å². The average molecular weight is 329 g/mol. The van der Waals surface area contributed by atoms with Crippen LogP contribution in [0.3, 0.4) is 0 Å².